The maximum Gasteiger partial charge on any atom is 0.389 e. The van der Waals surface area contributed by atoms with E-state index in [-0.39, 0.29) is 6.42 Å². The zero-order valence-electron chi connectivity index (χ0n) is 10.7. The number of fused-ring (bicyclic) bond motifs is 1. The van der Waals surface area contributed by atoms with Crippen molar-refractivity contribution in [2.45, 2.75) is 38.9 Å². The van der Waals surface area contributed by atoms with Gasteiger partial charge >= 0.3 is 6.18 Å². The van der Waals surface area contributed by atoms with Crippen LogP contribution in [-0.4, -0.2) is 25.5 Å². The highest BCUT2D eigenvalue weighted by atomic mass is 32.1. The fourth-order valence-electron chi connectivity index (χ4n) is 2.18. The minimum absolute atomic E-state index is 0.106. The first-order valence-electron chi connectivity index (χ1n) is 5.98. The highest BCUT2D eigenvalue weighted by Crippen LogP contribution is 2.23. The molecule has 106 valence electrons. The van der Waals surface area contributed by atoms with E-state index < -0.39 is 12.6 Å². The van der Waals surface area contributed by atoms with Crippen molar-refractivity contribution < 1.29 is 13.2 Å². The van der Waals surface area contributed by atoms with E-state index in [4.69, 9.17) is 12.2 Å². The molecule has 8 heteroatoms. The number of imidazole rings is 1. The van der Waals surface area contributed by atoms with Crippen LogP contribution in [0.4, 0.5) is 13.2 Å². The van der Waals surface area contributed by atoms with Crippen LogP contribution in [0.15, 0.2) is 0 Å². The fourth-order valence-corrected chi connectivity index (χ4v) is 2.46. The molecule has 0 aromatic carbocycles. The molecule has 0 spiro atoms. The maximum absolute atomic E-state index is 12.1. The third-order valence-corrected chi connectivity index (χ3v) is 3.34. The van der Waals surface area contributed by atoms with Gasteiger partial charge in [-0.3, -0.25) is 4.68 Å². The predicted octanol–water partition coefficient (Wildman–Crippen LogP) is 3.47. The van der Waals surface area contributed by atoms with Crippen LogP contribution < -0.4 is 0 Å². The second-order valence-electron chi connectivity index (χ2n) is 4.56. The summed E-state index contributed by atoms with van der Waals surface area (Å²) in [4.78, 5) is 3.05. The number of alkyl halides is 3. The van der Waals surface area contributed by atoms with Gasteiger partial charge in [0.2, 0.25) is 0 Å². The molecule has 0 aliphatic carbocycles. The Morgan fingerprint density at radius 3 is 2.63 bits per heavy atom. The second kappa shape index (κ2) is 4.99. The summed E-state index contributed by atoms with van der Waals surface area (Å²) in [6.45, 7) is 2.33. The lowest BCUT2D eigenvalue weighted by molar-refractivity contribution is -0.135. The lowest BCUT2D eigenvalue weighted by Gasteiger charge is -2.07. The van der Waals surface area contributed by atoms with Crippen molar-refractivity contribution >= 4 is 23.4 Å². The average Bonchev–Trinajstić information content (AvgIpc) is 2.73. The van der Waals surface area contributed by atoms with Crippen molar-refractivity contribution in [3.63, 3.8) is 0 Å². The molecule has 0 unspecified atom stereocenters. The summed E-state index contributed by atoms with van der Waals surface area (Å²) in [5.41, 5.74) is 2.51. The van der Waals surface area contributed by atoms with Gasteiger partial charge in [-0.25, -0.2) is 0 Å². The van der Waals surface area contributed by atoms with Crippen molar-refractivity contribution in [3.8, 4) is 0 Å². The number of aryl methyl sites for hydroxylation is 3. The zero-order valence-corrected chi connectivity index (χ0v) is 11.5. The monoisotopic (exact) mass is 292 g/mol. The third kappa shape index (κ3) is 2.99. The van der Waals surface area contributed by atoms with Gasteiger partial charge < -0.3 is 9.55 Å². The molecule has 0 saturated carbocycles. The molecule has 0 amide bonds. The van der Waals surface area contributed by atoms with Gasteiger partial charge in [0.25, 0.3) is 0 Å². The Hall–Kier alpha value is -1.31. The number of unbranched alkanes of at least 4 members (excludes halogenated alkanes) is 1. The molecule has 0 aliphatic heterocycles. The standard InChI is InChI=1S/C11H15F3N4S/c1-7-8-9(17(2)16-7)18(10(19)15-8)6-4-3-5-11(12,13)14/h3-6H2,1-2H3,(H,15,19). The summed E-state index contributed by atoms with van der Waals surface area (Å²) < 4.78 is 40.2. The lowest BCUT2D eigenvalue weighted by atomic mass is 10.2. The van der Waals surface area contributed by atoms with Crippen molar-refractivity contribution in [1.82, 2.24) is 19.3 Å². The van der Waals surface area contributed by atoms with Gasteiger partial charge in [-0.1, -0.05) is 0 Å². The molecule has 4 nitrogen and oxygen atoms in total. The van der Waals surface area contributed by atoms with Crippen LogP contribution in [-0.2, 0) is 13.6 Å². The van der Waals surface area contributed by atoms with Gasteiger partial charge in [-0.05, 0) is 32.0 Å². The van der Waals surface area contributed by atoms with E-state index in [2.05, 4.69) is 10.1 Å². The molecule has 0 aliphatic rings. The van der Waals surface area contributed by atoms with Crippen LogP contribution in [0.3, 0.4) is 0 Å². The molecule has 0 bridgehead atoms. The second-order valence-corrected chi connectivity index (χ2v) is 4.95. The number of rotatable bonds is 4. The summed E-state index contributed by atoms with van der Waals surface area (Å²) in [6.07, 6.45) is -4.30. The first kappa shape index (κ1) is 14.1. The van der Waals surface area contributed by atoms with Gasteiger partial charge in [0.1, 0.15) is 5.52 Å². The lowest BCUT2D eigenvalue weighted by Crippen LogP contribution is -2.08. The number of nitrogens with one attached hydrogen (secondary N) is 1. The number of hydrogen-bond acceptors (Lipinski definition) is 2. The van der Waals surface area contributed by atoms with Gasteiger partial charge in [0.05, 0.1) is 5.69 Å². The van der Waals surface area contributed by atoms with Crippen molar-refractivity contribution in [2.75, 3.05) is 0 Å². The number of aromatic amines is 1. The fraction of sp³-hybridized carbons (Fsp3) is 0.636. The Morgan fingerprint density at radius 1 is 1.32 bits per heavy atom. The smallest absolute Gasteiger partial charge is 0.328 e. The Bertz CT molecular complexity index is 635. The van der Waals surface area contributed by atoms with Gasteiger partial charge in [-0.15, -0.1) is 0 Å². The molecule has 2 aromatic heterocycles. The molecular weight excluding hydrogens is 277 g/mol. The van der Waals surface area contributed by atoms with Crippen molar-refractivity contribution in [3.05, 3.63) is 10.5 Å². The van der Waals surface area contributed by atoms with Crippen LogP contribution in [0.5, 0.6) is 0 Å². The predicted molar refractivity (Wildman–Crippen MR) is 68.5 cm³/mol. The Morgan fingerprint density at radius 2 is 2.00 bits per heavy atom. The van der Waals surface area contributed by atoms with E-state index in [1.54, 1.807) is 16.3 Å². The van der Waals surface area contributed by atoms with Crippen molar-refractivity contribution in [2.24, 2.45) is 7.05 Å². The number of nitrogens with zero attached hydrogens (tertiary/aromatic N) is 3. The van der Waals surface area contributed by atoms with E-state index in [1.165, 1.54) is 0 Å². The summed E-state index contributed by atoms with van der Waals surface area (Å²) in [7, 11) is 1.80. The molecule has 1 N–H and O–H groups in total. The number of hydrogen-bond donors (Lipinski definition) is 1. The van der Waals surface area contributed by atoms with Crippen LogP contribution in [0.25, 0.3) is 11.2 Å². The van der Waals surface area contributed by atoms with Crippen LogP contribution in [0.1, 0.15) is 25.0 Å². The van der Waals surface area contributed by atoms with Crippen LogP contribution >= 0.6 is 12.2 Å². The molecule has 0 atom stereocenters. The van der Waals surface area contributed by atoms with Crippen LogP contribution in [0, 0.1) is 11.7 Å². The van der Waals surface area contributed by atoms with Crippen LogP contribution in [0.2, 0.25) is 0 Å². The maximum atomic E-state index is 12.1. The molecule has 2 heterocycles. The molecule has 2 aromatic rings. The summed E-state index contributed by atoms with van der Waals surface area (Å²) in [5, 5.41) is 4.26. The van der Waals surface area contributed by atoms with E-state index >= 15 is 0 Å². The summed E-state index contributed by atoms with van der Waals surface area (Å²) >= 11 is 5.19. The summed E-state index contributed by atoms with van der Waals surface area (Å²) in [5.74, 6) is 0. The number of H-pyrrole nitrogens is 1. The van der Waals surface area contributed by atoms with Gasteiger partial charge in [-0.2, -0.15) is 18.3 Å². The van der Waals surface area contributed by atoms with E-state index in [9.17, 15) is 13.2 Å². The Kier molecular flexibility index (Phi) is 3.71. The number of aromatic nitrogens is 4. The Balaban J connectivity index is 2.13. The van der Waals surface area contributed by atoms with Gasteiger partial charge in [0.15, 0.2) is 10.4 Å². The van der Waals surface area contributed by atoms with E-state index in [1.807, 2.05) is 6.92 Å². The highest BCUT2D eigenvalue weighted by molar-refractivity contribution is 7.71. The SMILES string of the molecule is Cc1nn(C)c2c1[nH]c(=S)n2CCCCC(F)(F)F. The topological polar surface area (TPSA) is 38.5 Å². The van der Waals surface area contributed by atoms with E-state index in [0.717, 1.165) is 16.9 Å². The largest absolute Gasteiger partial charge is 0.389 e. The molecule has 2 rings (SSSR count). The first-order chi connectivity index (χ1) is 8.79. The molecule has 19 heavy (non-hydrogen) atoms. The third-order valence-electron chi connectivity index (χ3n) is 3.02. The number of halogens is 3. The quantitative estimate of drug-likeness (QED) is 0.692. The van der Waals surface area contributed by atoms with Gasteiger partial charge in [0, 0.05) is 20.0 Å². The molecule has 0 saturated heterocycles. The zero-order chi connectivity index (χ0) is 14.2. The Labute approximate surface area is 113 Å². The van der Waals surface area contributed by atoms with Crippen molar-refractivity contribution in [1.29, 1.82) is 0 Å². The molecular formula is C11H15F3N4S. The normalized spacial score (nSPS) is 12.5. The summed E-state index contributed by atoms with van der Waals surface area (Å²) in [6, 6.07) is 0. The van der Waals surface area contributed by atoms with E-state index in [0.29, 0.717) is 17.7 Å². The molecule has 0 radical (unpaired) electrons. The molecule has 0 fully saturated rings. The average molecular weight is 292 g/mol. The first-order valence-corrected chi connectivity index (χ1v) is 6.39. The highest BCUT2D eigenvalue weighted by Gasteiger charge is 2.25. The minimum Gasteiger partial charge on any atom is -0.328 e. The minimum atomic E-state index is -4.09.